The van der Waals surface area contributed by atoms with Crippen LogP contribution in [0.15, 0.2) is 0 Å². The van der Waals surface area contributed by atoms with Crippen LogP contribution in [0.2, 0.25) is 0 Å². The van der Waals surface area contributed by atoms with Gasteiger partial charge in [-0.2, -0.15) is 0 Å². The number of hydrogen-bond donors (Lipinski definition) is 2. The Bertz CT molecular complexity index is 131. The lowest BCUT2D eigenvalue weighted by Gasteiger charge is -2.27. The van der Waals surface area contributed by atoms with Crippen molar-refractivity contribution < 1.29 is 10.2 Å². The van der Waals surface area contributed by atoms with Gasteiger partial charge in [0, 0.05) is 0 Å². The molecular weight excluding hydrogens is 128 g/mol. The van der Waals surface area contributed by atoms with Gasteiger partial charge in [-0.15, -0.1) is 0 Å². The average molecular weight is 144 g/mol. The Morgan fingerprint density at radius 2 is 1.80 bits per heavy atom. The SMILES string of the molecule is CC1C[C@@H](O)[C@H](O)C1(C)C. The molecule has 0 heterocycles. The largest absolute Gasteiger partial charge is 0.390 e. The van der Waals surface area contributed by atoms with E-state index in [0.717, 1.165) is 6.42 Å². The van der Waals surface area contributed by atoms with Crippen molar-refractivity contribution in [1.29, 1.82) is 0 Å². The lowest BCUT2D eigenvalue weighted by molar-refractivity contribution is -0.0122. The molecule has 0 bridgehead atoms. The molecule has 0 radical (unpaired) electrons. The van der Waals surface area contributed by atoms with Crippen molar-refractivity contribution in [1.82, 2.24) is 0 Å². The second-order valence-corrected chi connectivity index (χ2v) is 3.97. The van der Waals surface area contributed by atoms with Gasteiger partial charge in [0.25, 0.3) is 0 Å². The Morgan fingerprint density at radius 3 is 1.90 bits per heavy atom. The highest BCUT2D eigenvalue weighted by Gasteiger charge is 2.45. The molecule has 3 atom stereocenters. The first kappa shape index (κ1) is 8.02. The Labute approximate surface area is 61.9 Å². The van der Waals surface area contributed by atoms with Crippen LogP contribution in [0.25, 0.3) is 0 Å². The van der Waals surface area contributed by atoms with Crippen LogP contribution in [0.4, 0.5) is 0 Å². The molecule has 1 aliphatic rings. The van der Waals surface area contributed by atoms with E-state index in [9.17, 15) is 10.2 Å². The van der Waals surface area contributed by atoms with E-state index < -0.39 is 12.2 Å². The van der Waals surface area contributed by atoms with Gasteiger partial charge in [0.1, 0.15) is 0 Å². The summed E-state index contributed by atoms with van der Waals surface area (Å²) < 4.78 is 0. The normalized spacial score (nSPS) is 45.9. The molecule has 2 heteroatoms. The van der Waals surface area contributed by atoms with Crippen molar-refractivity contribution >= 4 is 0 Å². The molecule has 0 aromatic heterocycles. The van der Waals surface area contributed by atoms with Crippen LogP contribution in [0.3, 0.4) is 0 Å². The van der Waals surface area contributed by atoms with Gasteiger partial charge in [-0.1, -0.05) is 20.8 Å². The van der Waals surface area contributed by atoms with E-state index in [-0.39, 0.29) is 5.41 Å². The molecule has 1 rings (SSSR count). The Balaban J connectivity index is 2.75. The molecule has 1 unspecified atom stereocenters. The zero-order valence-corrected chi connectivity index (χ0v) is 6.83. The number of aliphatic hydroxyl groups excluding tert-OH is 2. The van der Waals surface area contributed by atoms with E-state index in [0.29, 0.717) is 5.92 Å². The summed E-state index contributed by atoms with van der Waals surface area (Å²) >= 11 is 0. The topological polar surface area (TPSA) is 40.5 Å². The lowest BCUT2D eigenvalue weighted by Crippen LogP contribution is -2.32. The van der Waals surface area contributed by atoms with Gasteiger partial charge in [0.05, 0.1) is 12.2 Å². The summed E-state index contributed by atoms with van der Waals surface area (Å²) in [5.74, 6) is 0.414. The minimum Gasteiger partial charge on any atom is -0.390 e. The molecule has 1 aliphatic carbocycles. The maximum Gasteiger partial charge on any atom is 0.0852 e. The summed E-state index contributed by atoms with van der Waals surface area (Å²) in [6.07, 6.45) is -0.318. The van der Waals surface area contributed by atoms with Gasteiger partial charge in [0.2, 0.25) is 0 Å². The fourth-order valence-electron chi connectivity index (χ4n) is 1.58. The van der Waals surface area contributed by atoms with Gasteiger partial charge in [-0.25, -0.2) is 0 Å². The van der Waals surface area contributed by atoms with E-state index in [1.165, 1.54) is 0 Å². The van der Waals surface area contributed by atoms with E-state index in [4.69, 9.17) is 0 Å². The predicted molar refractivity (Wildman–Crippen MR) is 39.6 cm³/mol. The summed E-state index contributed by atoms with van der Waals surface area (Å²) in [6, 6.07) is 0. The number of hydrogen-bond acceptors (Lipinski definition) is 2. The Kier molecular flexibility index (Phi) is 1.77. The molecule has 10 heavy (non-hydrogen) atoms. The van der Waals surface area contributed by atoms with Gasteiger partial charge >= 0.3 is 0 Å². The molecule has 0 spiro atoms. The third kappa shape index (κ3) is 0.956. The summed E-state index contributed by atoms with van der Waals surface area (Å²) in [5.41, 5.74) is -0.112. The minimum atomic E-state index is -0.539. The second-order valence-electron chi connectivity index (χ2n) is 3.97. The van der Waals surface area contributed by atoms with E-state index in [1.807, 2.05) is 13.8 Å². The van der Waals surface area contributed by atoms with Gasteiger partial charge in [-0.3, -0.25) is 0 Å². The molecule has 0 saturated heterocycles. The van der Waals surface area contributed by atoms with Crippen LogP contribution >= 0.6 is 0 Å². The molecule has 0 aromatic rings. The summed E-state index contributed by atoms with van der Waals surface area (Å²) in [4.78, 5) is 0. The molecule has 0 amide bonds. The summed E-state index contributed by atoms with van der Waals surface area (Å²) in [7, 11) is 0. The van der Waals surface area contributed by atoms with Crippen molar-refractivity contribution in [3.8, 4) is 0 Å². The molecule has 2 N–H and O–H groups in total. The smallest absolute Gasteiger partial charge is 0.0852 e. The van der Waals surface area contributed by atoms with Crippen LogP contribution < -0.4 is 0 Å². The first-order valence-electron chi connectivity index (χ1n) is 3.82. The maximum absolute atomic E-state index is 9.45. The Hall–Kier alpha value is -0.0800. The first-order valence-corrected chi connectivity index (χ1v) is 3.82. The molecular formula is C8H16O2. The number of rotatable bonds is 0. The molecule has 1 fully saturated rings. The average Bonchev–Trinajstić information content (AvgIpc) is 1.97. The molecule has 1 saturated carbocycles. The van der Waals surface area contributed by atoms with Crippen molar-refractivity contribution in [3.63, 3.8) is 0 Å². The van der Waals surface area contributed by atoms with Crippen molar-refractivity contribution in [3.05, 3.63) is 0 Å². The standard InChI is InChI=1S/C8H16O2/c1-5-4-6(9)7(10)8(5,2)3/h5-7,9-10H,4H2,1-3H3/t5?,6-,7+/m1/s1. The van der Waals surface area contributed by atoms with Gasteiger partial charge < -0.3 is 10.2 Å². The van der Waals surface area contributed by atoms with E-state index in [2.05, 4.69) is 6.92 Å². The molecule has 0 aromatic carbocycles. The van der Waals surface area contributed by atoms with Crippen LogP contribution in [0, 0.1) is 11.3 Å². The van der Waals surface area contributed by atoms with Gasteiger partial charge in [-0.05, 0) is 17.8 Å². The molecule has 0 aliphatic heterocycles. The minimum absolute atomic E-state index is 0.112. The number of aliphatic hydroxyl groups is 2. The van der Waals surface area contributed by atoms with Crippen molar-refractivity contribution in [2.75, 3.05) is 0 Å². The van der Waals surface area contributed by atoms with E-state index in [1.54, 1.807) is 0 Å². The third-order valence-electron chi connectivity index (χ3n) is 2.99. The fourth-order valence-corrected chi connectivity index (χ4v) is 1.58. The fraction of sp³-hybridized carbons (Fsp3) is 1.00. The predicted octanol–water partition coefficient (Wildman–Crippen LogP) is 0.774. The Morgan fingerprint density at radius 1 is 1.30 bits per heavy atom. The molecule has 60 valence electrons. The lowest BCUT2D eigenvalue weighted by atomic mass is 9.81. The van der Waals surface area contributed by atoms with Crippen LogP contribution in [0.1, 0.15) is 27.2 Å². The zero-order valence-electron chi connectivity index (χ0n) is 6.83. The summed E-state index contributed by atoms with van der Waals surface area (Å²) in [6.45, 7) is 6.07. The molecule has 2 nitrogen and oxygen atoms in total. The van der Waals surface area contributed by atoms with Crippen LogP contribution in [-0.2, 0) is 0 Å². The zero-order chi connectivity index (χ0) is 7.94. The quantitative estimate of drug-likeness (QED) is 0.527. The monoisotopic (exact) mass is 144 g/mol. The van der Waals surface area contributed by atoms with Crippen LogP contribution in [-0.4, -0.2) is 22.4 Å². The van der Waals surface area contributed by atoms with Gasteiger partial charge in [0.15, 0.2) is 0 Å². The van der Waals surface area contributed by atoms with Crippen molar-refractivity contribution in [2.24, 2.45) is 11.3 Å². The highest BCUT2D eigenvalue weighted by molar-refractivity contribution is 4.95. The van der Waals surface area contributed by atoms with Crippen molar-refractivity contribution in [2.45, 2.75) is 39.4 Å². The van der Waals surface area contributed by atoms with E-state index >= 15 is 0 Å². The highest BCUT2D eigenvalue weighted by atomic mass is 16.3. The second kappa shape index (κ2) is 2.21. The maximum atomic E-state index is 9.45. The van der Waals surface area contributed by atoms with Crippen LogP contribution in [0.5, 0.6) is 0 Å². The first-order chi connectivity index (χ1) is 4.46. The highest BCUT2D eigenvalue weighted by Crippen LogP contribution is 2.42. The third-order valence-corrected chi connectivity index (χ3v) is 2.99. The summed E-state index contributed by atoms with van der Waals surface area (Å²) in [5, 5.41) is 18.7.